The Bertz CT molecular complexity index is 1350. The van der Waals surface area contributed by atoms with Gasteiger partial charge in [0, 0.05) is 24.7 Å². The number of urea groups is 1. The monoisotopic (exact) mass is 495 g/mol. The maximum Gasteiger partial charge on any atom is 0.320 e. The Kier molecular flexibility index (Phi) is 7.12. The van der Waals surface area contributed by atoms with Crippen molar-refractivity contribution >= 4 is 17.5 Å². The number of hydrogen-bond acceptors (Lipinski definition) is 4. The second kappa shape index (κ2) is 10.8. The van der Waals surface area contributed by atoms with E-state index in [1.807, 2.05) is 50.2 Å². The number of aryl methyl sites for hydroxylation is 1. The first-order valence-corrected chi connectivity index (χ1v) is 12.8. The molecule has 2 atom stereocenters. The topological polar surface area (TPSA) is 71.4 Å². The minimum absolute atomic E-state index is 0.0678. The lowest BCUT2D eigenvalue weighted by molar-refractivity contribution is 0.248. The van der Waals surface area contributed by atoms with Crippen LogP contribution in [-0.2, 0) is 0 Å². The molecule has 1 fully saturated rings. The first-order chi connectivity index (χ1) is 18.0. The van der Waals surface area contributed by atoms with Crippen molar-refractivity contribution in [1.29, 1.82) is 0 Å². The average Bonchev–Trinajstić information content (AvgIpc) is 3.47. The summed E-state index contributed by atoms with van der Waals surface area (Å²) >= 11 is 0. The third kappa shape index (κ3) is 5.16. The summed E-state index contributed by atoms with van der Waals surface area (Å²) in [5.41, 5.74) is 5.28. The zero-order chi connectivity index (χ0) is 25.8. The van der Waals surface area contributed by atoms with Gasteiger partial charge < -0.3 is 15.0 Å². The Hall–Kier alpha value is -4.26. The molecule has 0 radical (unpaired) electrons. The molecule has 1 aromatic heterocycles. The zero-order valence-electron chi connectivity index (χ0n) is 21.5. The Labute approximate surface area is 218 Å². The van der Waals surface area contributed by atoms with Crippen LogP contribution >= 0.6 is 0 Å². The number of hydrogen-bond donors (Lipinski definition) is 2. The molecule has 5 rings (SSSR count). The first kappa shape index (κ1) is 24.4. The highest BCUT2D eigenvalue weighted by atomic mass is 16.5. The number of para-hydroxylation sites is 2. The molecule has 0 bridgehead atoms. The minimum Gasteiger partial charge on any atom is -0.477 e. The molecular weight excluding hydrogens is 462 g/mol. The van der Waals surface area contributed by atoms with Crippen LogP contribution in [0.3, 0.4) is 0 Å². The quantitative estimate of drug-likeness (QED) is 0.346. The number of anilines is 2. The molecule has 2 N–H and O–H groups in total. The van der Waals surface area contributed by atoms with Crippen LogP contribution in [0.4, 0.5) is 16.3 Å². The van der Waals surface area contributed by atoms with Crippen molar-refractivity contribution < 1.29 is 9.53 Å². The van der Waals surface area contributed by atoms with Crippen molar-refractivity contribution in [3.63, 3.8) is 0 Å². The van der Waals surface area contributed by atoms with Crippen LogP contribution < -0.4 is 20.3 Å². The highest BCUT2D eigenvalue weighted by Gasteiger charge is 2.35. The van der Waals surface area contributed by atoms with Gasteiger partial charge in [-0.3, -0.25) is 5.32 Å². The molecule has 0 spiro atoms. The Balaban J connectivity index is 1.40. The molecule has 7 nitrogen and oxygen atoms in total. The Morgan fingerprint density at radius 1 is 0.946 bits per heavy atom. The van der Waals surface area contributed by atoms with Gasteiger partial charge in [-0.15, -0.1) is 5.10 Å². The van der Waals surface area contributed by atoms with Crippen molar-refractivity contribution in [2.24, 2.45) is 0 Å². The van der Waals surface area contributed by atoms with E-state index in [1.165, 1.54) is 16.8 Å². The minimum atomic E-state index is -0.263. The molecule has 7 heteroatoms. The molecule has 37 heavy (non-hydrogen) atoms. The Morgan fingerprint density at radius 3 is 2.32 bits per heavy atom. The van der Waals surface area contributed by atoms with Crippen LogP contribution in [0.25, 0.3) is 5.69 Å². The number of nitrogens with one attached hydrogen (secondary N) is 2. The molecule has 2 amide bonds. The lowest BCUT2D eigenvalue weighted by Crippen LogP contribution is -2.42. The largest absolute Gasteiger partial charge is 0.477 e. The molecule has 190 valence electrons. The summed E-state index contributed by atoms with van der Waals surface area (Å²) in [4.78, 5) is 15.8. The van der Waals surface area contributed by atoms with Gasteiger partial charge in [-0.05, 0) is 50.1 Å². The van der Waals surface area contributed by atoms with Crippen LogP contribution in [-0.4, -0.2) is 41.5 Å². The van der Waals surface area contributed by atoms with Crippen LogP contribution in [0, 0.1) is 13.8 Å². The number of rotatable bonds is 7. The van der Waals surface area contributed by atoms with Crippen LogP contribution in [0.15, 0.2) is 84.9 Å². The van der Waals surface area contributed by atoms with E-state index in [2.05, 4.69) is 76.1 Å². The molecule has 1 aliphatic heterocycles. The van der Waals surface area contributed by atoms with Gasteiger partial charge in [-0.25, -0.2) is 9.48 Å². The second-order valence-electron chi connectivity index (χ2n) is 9.37. The average molecular weight is 496 g/mol. The molecule has 0 saturated carbocycles. The van der Waals surface area contributed by atoms with Gasteiger partial charge in [0.1, 0.15) is 5.82 Å². The van der Waals surface area contributed by atoms with Crippen molar-refractivity contribution in [2.45, 2.75) is 32.7 Å². The van der Waals surface area contributed by atoms with Gasteiger partial charge >= 0.3 is 6.03 Å². The second-order valence-corrected chi connectivity index (χ2v) is 9.37. The predicted octanol–water partition coefficient (Wildman–Crippen LogP) is 5.68. The third-order valence-corrected chi connectivity index (χ3v) is 6.91. The van der Waals surface area contributed by atoms with Gasteiger partial charge in [-0.2, -0.15) is 0 Å². The number of benzene rings is 3. The summed E-state index contributed by atoms with van der Waals surface area (Å²) in [6.45, 7) is 8.01. The normalized spacial score (nSPS) is 17.0. The molecule has 4 aromatic rings. The van der Waals surface area contributed by atoms with Crippen LogP contribution in [0.1, 0.15) is 29.5 Å². The summed E-state index contributed by atoms with van der Waals surface area (Å²) in [7, 11) is 0. The van der Waals surface area contributed by atoms with Gasteiger partial charge in [0.05, 0.1) is 23.9 Å². The van der Waals surface area contributed by atoms with E-state index >= 15 is 0 Å². The Morgan fingerprint density at radius 2 is 1.62 bits per heavy atom. The van der Waals surface area contributed by atoms with Crippen molar-refractivity contribution in [1.82, 2.24) is 15.1 Å². The van der Waals surface area contributed by atoms with E-state index in [1.54, 1.807) is 4.68 Å². The molecule has 3 aromatic carbocycles. The van der Waals surface area contributed by atoms with Crippen molar-refractivity contribution in [3.05, 3.63) is 102 Å². The SMILES string of the molecule is CCOc1nn(-c2ccccc2)c(NC(=O)NC2CN(c3ccccc3C)CC2c2ccccc2)c1C. The molecule has 2 heterocycles. The number of amides is 2. The standard InChI is InChI=1S/C30H33N5O2/c1-4-37-29-22(3)28(35(33-29)24-16-9-6-10-17-24)32-30(36)31-26-20-34(27-18-12-11-13-21(27)2)19-25(26)23-14-7-5-8-15-23/h5-18,25-26H,4,19-20H2,1-3H3,(H2,31,32,36). The van der Waals surface area contributed by atoms with Gasteiger partial charge in [0.15, 0.2) is 0 Å². The maximum atomic E-state index is 13.4. The lowest BCUT2D eigenvalue weighted by Gasteiger charge is -2.21. The summed E-state index contributed by atoms with van der Waals surface area (Å²) in [6, 6.07) is 28.2. The number of carbonyl (C=O) groups excluding carboxylic acids is 1. The number of aromatic nitrogens is 2. The van der Waals surface area contributed by atoms with Crippen LogP contribution in [0.5, 0.6) is 5.88 Å². The van der Waals surface area contributed by atoms with E-state index in [0.717, 1.165) is 24.3 Å². The summed E-state index contributed by atoms with van der Waals surface area (Å²) in [5.74, 6) is 1.26. The van der Waals surface area contributed by atoms with Crippen LogP contribution in [0.2, 0.25) is 0 Å². The van der Waals surface area contributed by atoms with E-state index < -0.39 is 0 Å². The van der Waals surface area contributed by atoms with Gasteiger partial charge in [-0.1, -0.05) is 66.7 Å². The van der Waals surface area contributed by atoms with E-state index in [9.17, 15) is 4.79 Å². The number of ether oxygens (including phenoxy) is 1. The highest BCUT2D eigenvalue weighted by molar-refractivity contribution is 5.90. The van der Waals surface area contributed by atoms with E-state index in [0.29, 0.717) is 18.3 Å². The maximum absolute atomic E-state index is 13.4. The van der Waals surface area contributed by atoms with Crippen molar-refractivity contribution in [2.75, 3.05) is 29.9 Å². The van der Waals surface area contributed by atoms with Crippen molar-refractivity contribution in [3.8, 4) is 11.6 Å². The lowest BCUT2D eigenvalue weighted by atomic mass is 9.94. The highest BCUT2D eigenvalue weighted by Crippen LogP contribution is 2.33. The molecular formula is C30H33N5O2. The molecule has 1 saturated heterocycles. The summed E-state index contributed by atoms with van der Waals surface area (Å²) in [6.07, 6.45) is 0. The fraction of sp³-hybridized carbons (Fsp3) is 0.267. The molecule has 0 aliphatic carbocycles. The fourth-order valence-corrected chi connectivity index (χ4v) is 5.07. The molecule has 2 unspecified atom stereocenters. The van der Waals surface area contributed by atoms with E-state index in [4.69, 9.17) is 4.74 Å². The summed E-state index contributed by atoms with van der Waals surface area (Å²) < 4.78 is 7.46. The number of carbonyl (C=O) groups is 1. The van der Waals surface area contributed by atoms with E-state index in [-0.39, 0.29) is 18.0 Å². The first-order valence-electron chi connectivity index (χ1n) is 12.8. The van der Waals surface area contributed by atoms with Gasteiger partial charge in [0.2, 0.25) is 5.88 Å². The smallest absolute Gasteiger partial charge is 0.320 e. The zero-order valence-corrected chi connectivity index (χ0v) is 21.5. The molecule has 1 aliphatic rings. The third-order valence-electron chi connectivity index (χ3n) is 6.91. The predicted molar refractivity (Wildman–Crippen MR) is 148 cm³/mol. The number of nitrogens with zero attached hydrogens (tertiary/aromatic N) is 3. The summed E-state index contributed by atoms with van der Waals surface area (Å²) in [5, 5.41) is 11.0. The van der Waals surface area contributed by atoms with Gasteiger partial charge in [0.25, 0.3) is 0 Å². The fourth-order valence-electron chi connectivity index (χ4n) is 5.07.